The van der Waals surface area contributed by atoms with Crippen molar-refractivity contribution < 1.29 is 29.0 Å². The van der Waals surface area contributed by atoms with Crippen molar-refractivity contribution in [2.75, 3.05) is 37.1 Å². The molecule has 6 saturated carbocycles. The number of carbonyl (C=O) groups excluding carboxylic acids is 2. The van der Waals surface area contributed by atoms with Crippen molar-refractivity contribution in [3.63, 3.8) is 0 Å². The number of thiazole rings is 2. The van der Waals surface area contributed by atoms with E-state index in [2.05, 4.69) is 115 Å². The number of nitrogens with zero attached hydrogens (tertiary/aromatic N) is 5. The van der Waals surface area contributed by atoms with Crippen molar-refractivity contribution >= 4 is 51.8 Å². The number of rotatable bonds is 19. The van der Waals surface area contributed by atoms with Crippen LogP contribution in [0.15, 0.2) is 97.3 Å². The maximum atomic E-state index is 14.2. The highest BCUT2D eigenvalue weighted by molar-refractivity contribution is 7.15. The summed E-state index contributed by atoms with van der Waals surface area (Å²) < 4.78 is 10.9. The number of hydrogen-bond donors (Lipinski definition) is 1. The van der Waals surface area contributed by atoms with Crippen LogP contribution in [0.4, 0.5) is 11.4 Å². The van der Waals surface area contributed by atoms with Crippen LogP contribution >= 0.6 is 22.7 Å². The van der Waals surface area contributed by atoms with Crippen molar-refractivity contribution in [1.82, 2.24) is 9.97 Å². The van der Waals surface area contributed by atoms with Gasteiger partial charge in [-0.2, -0.15) is 5.26 Å². The maximum absolute atomic E-state index is 14.2. The van der Waals surface area contributed by atoms with Crippen LogP contribution in [0.25, 0.3) is 20.9 Å². The third kappa shape index (κ3) is 15.3. The molecule has 0 saturated heterocycles. The molecular formula is C72H87N5O6S2. The number of carboxylic acids is 1. The number of carboxylic acid groups (broad SMARTS) is 1. The molecule has 0 bridgehead atoms. The summed E-state index contributed by atoms with van der Waals surface area (Å²) in [6.45, 7) is 5.75. The van der Waals surface area contributed by atoms with Crippen molar-refractivity contribution in [2.24, 2.45) is 35.5 Å². The van der Waals surface area contributed by atoms with E-state index in [9.17, 15) is 19.5 Å². The second-order valence-corrected chi connectivity index (χ2v) is 28.1. The van der Waals surface area contributed by atoms with Gasteiger partial charge in [0, 0.05) is 73.4 Å². The highest BCUT2D eigenvalue weighted by atomic mass is 32.1. The molecule has 6 aliphatic carbocycles. The molecule has 6 fully saturated rings. The van der Waals surface area contributed by atoms with E-state index in [1.165, 1.54) is 67.7 Å². The average Bonchev–Trinajstić information content (AvgIpc) is 4.22. The third-order valence-corrected chi connectivity index (χ3v) is 22.3. The quantitative estimate of drug-likeness (QED) is 0.0837. The van der Waals surface area contributed by atoms with Gasteiger partial charge in [-0.15, -0.1) is 22.7 Å². The van der Waals surface area contributed by atoms with Gasteiger partial charge in [0.05, 0.1) is 40.1 Å². The van der Waals surface area contributed by atoms with Crippen molar-refractivity contribution in [3.8, 4) is 38.4 Å². The Morgan fingerprint density at radius 3 is 1.31 bits per heavy atom. The normalized spacial score (nSPS) is 24.0. The predicted molar refractivity (Wildman–Crippen MR) is 342 cm³/mol. The van der Waals surface area contributed by atoms with Crippen LogP contribution in [0.3, 0.4) is 0 Å². The summed E-state index contributed by atoms with van der Waals surface area (Å²) in [5, 5.41) is 20.9. The minimum atomic E-state index is -0.735. The molecule has 2 amide bonds. The Kier molecular flexibility index (Phi) is 19.9. The Labute approximate surface area is 512 Å². The zero-order valence-corrected chi connectivity index (χ0v) is 52.2. The molecule has 11 nitrogen and oxygen atoms in total. The topological polar surface area (TPSA) is 146 Å². The first kappa shape index (κ1) is 60.3. The predicted octanol–water partition coefficient (Wildman–Crippen LogP) is 17.6. The Bertz CT molecular complexity index is 3290. The Morgan fingerprint density at radius 1 is 0.529 bits per heavy atom. The molecule has 12 rings (SSSR count). The molecule has 2 heterocycles. The standard InChI is InChI=1S/C36H43N3O2S.C36H44N2O4S/c1-24-20-30(16-17-33(24)41-2)27-10-8-26(9-11-27)23-39(36(40)29-12-6-25(7-13-29)18-19-37)32-5-3-4-31(21-32)34-22-38-35(42-34)28-14-15-28;1-23-18-29(16-17-32(23)42-2)26-10-8-25(9-11-26)22-38(36(41)28-12-6-24(7-13-28)19-34(39)40)31-5-3-4-30(20-31)33-21-37-35(43-33)27-14-15-27/h3-5,16-17,20-22,25-29H,6-15,18,23H2,1-2H3;3-5,16-18,20-21,24-28H,6-15,19,22H2,1-2H3,(H,39,40). The second-order valence-electron chi connectivity index (χ2n) is 26.0. The maximum Gasteiger partial charge on any atom is 0.303 e. The second kappa shape index (κ2) is 28.0. The summed E-state index contributed by atoms with van der Waals surface area (Å²) >= 11 is 3.59. The number of amides is 2. The van der Waals surface area contributed by atoms with Crippen molar-refractivity contribution in [2.45, 2.75) is 179 Å². The smallest absolute Gasteiger partial charge is 0.303 e. The van der Waals surface area contributed by atoms with Gasteiger partial charge in [0.15, 0.2) is 0 Å². The fourth-order valence-electron chi connectivity index (χ4n) is 14.4. The number of benzene rings is 4. The van der Waals surface area contributed by atoms with Gasteiger partial charge in [-0.1, -0.05) is 48.5 Å². The van der Waals surface area contributed by atoms with Crippen LogP contribution < -0.4 is 19.3 Å². The zero-order chi connectivity index (χ0) is 59.0. The summed E-state index contributed by atoms with van der Waals surface area (Å²) in [4.78, 5) is 55.7. The van der Waals surface area contributed by atoms with E-state index in [4.69, 9.17) is 24.7 Å². The van der Waals surface area contributed by atoms with Gasteiger partial charge in [-0.25, -0.2) is 9.97 Å². The molecule has 1 N–H and O–H groups in total. The minimum absolute atomic E-state index is 0.0443. The van der Waals surface area contributed by atoms with E-state index in [0.29, 0.717) is 47.8 Å². The van der Waals surface area contributed by atoms with Gasteiger partial charge < -0.3 is 24.4 Å². The van der Waals surface area contributed by atoms with Crippen LogP contribution in [0.2, 0.25) is 0 Å². The molecule has 13 heteroatoms. The molecule has 0 unspecified atom stereocenters. The van der Waals surface area contributed by atoms with Gasteiger partial charge >= 0.3 is 5.97 Å². The SMILES string of the molecule is COc1ccc(C2CCC(CN(C(=O)C3CCC(CC#N)CC3)c3cccc(-c4cnc(C5CC5)s4)c3)CC2)cc1C.COc1ccc(C2CCC(CN(C(=O)C3CCC(CC(=O)O)CC3)c3cccc(-c4cnc(C5CC5)s4)c3)CC2)cc1C. The molecule has 0 atom stereocenters. The van der Waals surface area contributed by atoms with E-state index < -0.39 is 5.97 Å². The number of nitriles is 1. The van der Waals surface area contributed by atoms with Gasteiger partial charge in [0.25, 0.3) is 0 Å². The van der Waals surface area contributed by atoms with Crippen LogP contribution in [0.1, 0.15) is 197 Å². The third-order valence-electron chi connectivity index (χ3n) is 19.9. The Balaban J connectivity index is 0.000000177. The van der Waals surface area contributed by atoms with Crippen LogP contribution in [-0.4, -0.2) is 60.2 Å². The molecule has 85 heavy (non-hydrogen) atoms. The lowest BCUT2D eigenvalue weighted by Gasteiger charge is -2.36. The lowest BCUT2D eigenvalue weighted by Crippen LogP contribution is -2.41. The number of methoxy groups -OCH3 is 2. The van der Waals surface area contributed by atoms with E-state index in [-0.39, 0.29) is 36.0 Å². The zero-order valence-electron chi connectivity index (χ0n) is 50.5. The highest BCUT2D eigenvalue weighted by Gasteiger charge is 2.36. The summed E-state index contributed by atoms with van der Waals surface area (Å²) in [6, 6.07) is 32.6. The van der Waals surface area contributed by atoms with Crippen molar-refractivity contribution in [3.05, 3.63) is 130 Å². The van der Waals surface area contributed by atoms with E-state index in [1.807, 2.05) is 12.4 Å². The Hall–Kier alpha value is -6.36. The monoisotopic (exact) mass is 1180 g/mol. The van der Waals surface area contributed by atoms with E-state index >= 15 is 0 Å². The van der Waals surface area contributed by atoms with Gasteiger partial charge in [-0.05, 0) is 248 Å². The van der Waals surface area contributed by atoms with Gasteiger partial charge in [-0.3, -0.25) is 14.4 Å². The first-order valence-corrected chi connectivity index (χ1v) is 33.7. The van der Waals surface area contributed by atoms with Crippen molar-refractivity contribution in [1.29, 1.82) is 5.26 Å². The molecule has 6 aliphatic rings. The molecule has 0 aliphatic heterocycles. The average molecular weight is 1180 g/mol. The minimum Gasteiger partial charge on any atom is -0.496 e. The summed E-state index contributed by atoms with van der Waals surface area (Å²) in [6.07, 6.45) is 25.8. The fraction of sp³-hybridized carbons (Fsp3) is 0.528. The summed E-state index contributed by atoms with van der Waals surface area (Å²) in [5.74, 6) is 5.62. The number of carbonyl (C=O) groups is 3. The van der Waals surface area contributed by atoms with E-state index in [0.717, 1.165) is 150 Å². The molecule has 0 radical (unpaired) electrons. The number of aliphatic carboxylic acids is 1. The van der Waals surface area contributed by atoms with E-state index in [1.54, 1.807) is 36.9 Å². The molecule has 2 aromatic heterocycles. The Morgan fingerprint density at radius 2 is 0.929 bits per heavy atom. The largest absolute Gasteiger partial charge is 0.496 e. The molecular weight excluding hydrogens is 1090 g/mol. The molecule has 0 spiro atoms. The van der Waals surface area contributed by atoms with Crippen LogP contribution in [-0.2, 0) is 14.4 Å². The van der Waals surface area contributed by atoms with Crippen LogP contribution in [0, 0.1) is 60.7 Å². The number of hydrogen-bond acceptors (Lipinski definition) is 10. The first-order chi connectivity index (χ1) is 41.4. The van der Waals surface area contributed by atoms with Gasteiger partial charge in [0.1, 0.15) is 11.5 Å². The lowest BCUT2D eigenvalue weighted by molar-refractivity contribution is -0.138. The number of aromatic nitrogens is 2. The first-order valence-electron chi connectivity index (χ1n) is 32.0. The highest BCUT2D eigenvalue weighted by Crippen LogP contribution is 2.47. The number of anilines is 2. The molecule has 4 aromatic carbocycles. The van der Waals surface area contributed by atoms with Gasteiger partial charge in [0.2, 0.25) is 11.8 Å². The number of aryl methyl sites for hydroxylation is 2. The molecule has 448 valence electrons. The summed E-state index contributed by atoms with van der Waals surface area (Å²) in [5.41, 5.74) is 9.47. The fourth-order valence-corrected chi connectivity index (χ4v) is 16.6. The summed E-state index contributed by atoms with van der Waals surface area (Å²) in [7, 11) is 3.46. The lowest BCUT2D eigenvalue weighted by atomic mass is 9.77. The van der Waals surface area contributed by atoms with Crippen LogP contribution in [0.5, 0.6) is 11.5 Å². The molecule has 6 aromatic rings. The number of ether oxygens (including phenoxy) is 2.